The highest BCUT2D eigenvalue weighted by atomic mass is 32.2. The number of allylic oxidation sites excluding steroid dienone is 8. The summed E-state index contributed by atoms with van der Waals surface area (Å²) in [5, 5.41) is 8.28. The number of nitrogens with zero attached hydrogens (tertiary/aromatic N) is 5. The van der Waals surface area contributed by atoms with Crippen LogP contribution in [0.5, 0.6) is 0 Å². The van der Waals surface area contributed by atoms with Crippen LogP contribution in [0.25, 0.3) is 0 Å². The average molecular weight is 1190 g/mol. The van der Waals surface area contributed by atoms with E-state index in [1.54, 1.807) is 18.2 Å². The largest absolute Gasteiger partial charge is 0.379 e. The molecule has 21 heteroatoms. The molecule has 3 amide bonds. The topological polar surface area (TPSA) is 213 Å². The zero-order chi connectivity index (χ0) is 59.9. The second-order valence-electron chi connectivity index (χ2n) is 23.5. The van der Waals surface area contributed by atoms with Crippen LogP contribution in [0.3, 0.4) is 0 Å². The number of fused-ring (bicyclic) bond motifs is 5. The molecule has 0 atom stereocenters. The van der Waals surface area contributed by atoms with Gasteiger partial charge in [-0.1, -0.05) is 74.6 Å². The van der Waals surface area contributed by atoms with Gasteiger partial charge in [-0.05, 0) is 74.2 Å². The summed E-state index contributed by atoms with van der Waals surface area (Å²) in [5.74, 6) is -1.23. The molecule has 8 rings (SSSR count). The maximum atomic E-state index is 13.9. The lowest BCUT2D eigenvalue weighted by Crippen LogP contribution is -2.73. The smallest absolute Gasteiger partial charge is 0.264 e. The number of quaternary nitrogens is 2. The minimum absolute atomic E-state index is 0.0985. The molecule has 3 saturated heterocycles. The minimum atomic E-state index is -4.19. The number of nitrogens with one attached hydrogen (secondary N) is 3. The first-order chi connectivity index (χ1) is 39.4. The van der Waals surface area contributed by atoms with Crippen LogP contribution < -0.4 is 20.9 Å². The Labute approximate surface area is 492 Å². The quantitative estimate of drug-likeness (QED) is 0.0190. The molecule has 5 aliphatic rings. The van der Waals surface area contributed by atoms with Crippen LogP contribution in [-0.2, 0) is 66.0 Å². The molecule has 2 bridgehead atoms. The Hall–Kier alpha value is -5.88. The van der Waals surface area contributed by atoms with Crippen molar-refractivity contribution in [2.75, 3.05) is 149 Å². The summed E-state index contributed by atoms with van der Waals surface area (Å²) in [6.45, 7) is 19.4. The molecule has 452 valence electrons. The van der Waals surface area contributed by atoms with E-state index in [4.69, 9.17) is 14.2 Å². The van der Waals surface area contributed by atoms with Crippen molar-refractivity contribution in [3.05, 3.63) is 132 Å². The van der Waals surface area contributed by atoms with E-state index in [1.165, 1.54) is 82.1 Å². The van der Waals surface area contributed by atoms with Crippen LogP contribution in [-0.4, -0.2) is 201 Å². The number of carbonyl (C=O) groups excluding carboxylic acids is 3. The van der Waals surface area contributed by atoms with E-state index in [0.717, 1.165) is 29.9 Å². The molecular formula is C62H89N8O11S2+3. The Morgan fingerprint density at radius 2 is 1.37 bits per heavy atom. The molecule has 0 radical (unpaired) electrons. The Balaban J connectivity index is 0.739. The molecule has 3 aromatic rings. The second kappa shape index (κ2) is 28.8. The molecule has 0 saturated carbocycles. The van der Waals surface area contributed by atoms with Crippen molar-refractivity contribution in [3.8, 4) is 0 Å². The minimum Gasteiger partial charge on any atom is -0.379 e. The summed E-state index contributed by atoms with van der Waals surface area (Å²) >= 11 is 0. The molecule has 4 N–H and O–H groups in total. The highest BCUT2D eigenvalue weighted by molar-refractivity contribution is 7.89. The maximum absolute atomic E-state index is 13.9. The molecule has 83 heavy (non-hydrogen) atoms. The van der Waals surface area contributed by atoms with Crippen LogP contribution in [0.1, 0.15) is 70.1 Å². The van der Waals surface area contributed by atoms with Gasteiger partial charge in [-0.3, -0.25) is 18.9 Å². The molecule has 5 aliphatic heterocycles. The van der Waals surface area contributed by atoms with Crippen LogP contribution in [0, 0.1) is 0 Å². The number of anilines is 2. The van der Waals surface area contributed by atoms with Crippen LogP contribution >= 0.6 is 0 Å². The molecule has 0 aromatic heterocycles. The number of amides is 3. The first kappa shape index (κ1) is 64.7. The van der Waals surface area contributed by atoms with Crippen LogP contribution in [0.4, 0.5) is 17.1 Å². The molecular weight excluding hydrogens is 1100 g/mol. The standard InChI is InChI=1S/C62H86N8O11S2/c1-61(2)52-17-13-14-18-54(52)67(6)56(61)19-11-9-8-10-12-20-57-62(3,4)53-47-51(26-27-55(53)68(57)32-16-46-82(74,75)76)83(77,78)66(5)31-15-21-58(71)63-30-41-80-43-45-81-44-42-79-40-29-59(72)64-48-60(73)65-50-24-22-49(23-25-50)28-33-70-37-34-69(7,35-38-70)36-39-70/h8-14,17-20,22-27,47H,15-16,21,28-46,48H2,1-7H3,(H-3,63,64,65,71,72,73,74,75,76)/p+3. The lowest BCUT2D eigenvalue weighted by atomic mass is 9.81. The molecule has 0 aliphatic carbocycles. The van der Waals surface area contributed by atoms with E-state index in [0.29, 0.717) is 31.9 Å². The molecule has 3 fully saturated rings. The van der Waals surface area contributed by atoms with Gasteiger partial charge in [0.2, 0.25) is 33.4 Å². The van der Waals surface area contributed by atoms with Gasteiger partial charge in [0.1, 0.15) is 46.3 Å². The number of benzene rings is 3. The lowest BCUT2D eigenvalue weighted by Gasteiger charge is -2.54. The summed E-state index contributed by atoms with van der Waals surface area (Å²) in [6, 6.07) is 21.3. The van der Waals surface area contributed by atoms with Gasteiger partial charge in [0.05, 0.1) is 75.8 Å². The SMILES string of the molecule is CN(CCCC(=O)NCCOCCOCCOCCC(=O)NCC(=O)Nc1ccc(CC[N+]23CC[N+](C)(CC2)CC3)cc1)S(=O)(=O)c1ccc2c(c1)C(C)(C)C(=CC=CC=CC=CC1=[N+](C)c3ccccc3C1(C)C)N2CCCS(=O)(=O)O. The van der Waals surface area contributed by atoms with Crippen molar-refractivity contribution in [2.45, 2.75) is 75.5 Å². The van der Waals surface area contributed by atoms with Gasteiger partial charge < -0.3 is 44.0 Å². The van der Waals surface area contributed by atoms with E-state index in [1.807, 2.05) is 73.4 Å². The zero-order valence-corrected chi connectivity index (χ0v) is 51.4. The number of hydrogen-bond donors (Lipinski definition) is 4. The summed E-state index contributed by atoms with van der Waals surface area (Å²) in [6.07, 6.45) is 15.5. The zero-order valence-electron chi connectivity index (χ0n) is 49.7. The van der Waals surface area contributed by atoms with Gasteiger partial charge in [-0.25, -0.2) is 12.7 Å². The molecule has 5 heterocycles. The van der Waals surface area contributed by atoms with Crippen molar-refractivity contribution in [2.24, 2.45) is 0 Å². The number of hydrogen-bond acceptors (Lipinski definition) is 11. The molecule has 3 aromatic carbocycles. The van der Waals surface area contributed by atoms with Gasteiger partial charge in [0.15, 0.2) is 5.71 Å². The van der Waals surface area contributed by atoms with Crippen molar-refractivity contribution in [1.29, 1.82) is 0 Å². The molecule has 0 spiro atoms. The van der Waals surface area contributed by atoms with Crippen molar-refractivity contribution in [3.63, 3.8) is 0 Å². The molecule has 19 nitrogen and oxygen atoms in total. The Morgan fingerprint density at radius 3 is 2.06 bits per heavy atom. The number of para-hydroxylation sites is 1. The number of carbonyl (C=O) groups is 3. The van der Waals surface area contributed by atoms with Gasteiger partial charge in [-0.15, -0.1) is 0 Å². The van der Waals surface area contributed by atoms with E-state index in [-0.39, 0.29) is 93.3 Å². The third-order valence-corrected chi connectivity index (χ3v) is 19.5. The third-order valence-electron chi connectivity index (χ3n) is 16.8. The predicted octanol–water partition coefficient (Wildman–Crippen LogP) is 5.87. The summed E-state index contributed by atoms with van der Waals surface area (Å²) in [5.41, 5.74) is 7.15. The van der Waals surface area contributed by atoms with Crippen molar-refractivity contribution < 1.29 is 63.5 Å². The number of likely N-dealkylation sites (N-methyl/N-ethyl adjacent to an activating group) is 1. The Kier molecular flexibility index (Phi) is 22.4. The predicted molar refractivity (Wildman–Crippen MR) is 325 cm³/mol. The number of ether oxygens (including phenoxy) is 3. The van der Waals surface area contributed by atoms with Crippen LogP contribution in [0.15, 0.2) is 120 Å². The summed E-state index contributed by atoms with van der Waals surface area (Å²) in [7, 11) is -2.21. The van der Waals surface area contributed by atoms with Crippen LogP contribution in [0.2, 0.25) is 0 Å². The normalized spacial score (nSPS) is 20.5. The first-order valence-corrected chi connectivity index (χ1v) is 32.1. The fourth-order valence-electron chi connectivity index (χ4n) is 11.5. The van der Waals surface area contributed by atoms with E-state index in [2.05, 4.69) is 84.9 Å². The Bertz CT molecular complexity index is 3130. The average Bonchev–Trinajstić information content (AvgIpc) is 1.96. The number of sulfonamides is 1. The van der Waals surface area contributed by atoms with E-state index < -0.39 is 31.3 Å². The van der Waals surface area contributed by atoms with E-state index >= 15 is 0 Å². The van der Waals surface area contributed by atoms with Gasteiger partial charge in [0, 0.05) is 86.1 Å². The lowest BCUT2D eigenvalue weighted by molar-refractivity contribution is -1.07. The maximum Gasteiger partial charge on any atom is 0.264 e. The van der Waals surface area contributed by atoms with E-state index in [9.17, 15) is 35.8 Å². The van der Waals surface area contributed by atoms with Gasteiger partial charge in [-0.2, -0.15) is 13.0 Å². The fraction of sp³-hybridized carbons (Fsp3) is 0.516. The number of rotatable bonds is 32. The third kappa shape index (κ3) is 17.6. The fourth-order valence-corrected chi connectivity index (χ4v) is 13.3. The monoisotopic (exact) mass is 1190 g/mol. The van der Waals surface area contributed by atoms with Gasteiger partial charge in [0.25, 0.3) is 10.1 Å². The first-order valence-electron chi connectivity index (χ1n) is 29.0. The second-order valence-corrected chi connectivity index (χ2v) is 27.1. The van der Waals surface area contributed by atoms with Crippen molar-refractivity contribution in [1.82, 2.24) is 14.9 Å². The van der Waals surface area contributed by atoms with Crippen molar-refractivity contribution >= 4 is 60.6 Å². The highest BCUT2D eigenvalue weighted by Gasteiger charge is 2.47. The Morgan fingerprint density at radius 1 is 0.735 bits per heavy atom. The molecule has 0 unspecified atom stereocenters. The number of piperazine rings is 3. The summed E-state index contributed by atoms with van der Waals surface area (Å²) < 4.78 is 83.2. The highest BCUT2D eigenvalue weighted by Crippen LogP contribution is 2.49. The van der Waals surface area contributed by atoms with Gasteiger partial charge >= 0.3 is 0 Å². The summed E-state index contributed by atoms with van der Waals surface area (Å²) in [4.78, 5) is 39.5.